The highest BCUT2D eigenvalue weighted by Gasteiger charge is 2.33. The molecule has 0 bridgehead atoms. The van der Waals surface area contributed by atoms with E-state index in [4.69, 9.17) is 10.5 Å². The van der Waals surface area contributed by atoms with E-state index in [0.29, 0.717) is 31.5 Å². The minimum absolute atomic E-state index is 0.0177. The number of hydrogen-bond acceptors (Lipinski definition) is 3. The molecule has 1 fully saturated rings. The zero-order valence-electron chi connectivity index (χ0n) is 14.3. The van der Waals surface area contributed by atoms with E-state index in [1.807, 2.05) is 24.3 Å². The van der Waals surface area contributed by atoms with E-state index in [1.165, 1.54) is 6.07 Å². The Morgan fingerprint density at radius 1 is 1.24 bits per heavy atom. The number of likely N-dealkylation sites (tertiary alicyclic amines) is 1. The third-order valence-corrected chi connectivity index (χ3v) is 4.81. The van der Waals surface area contributed by atoms with E-state index in [2.05, 4.69) is 0 Å². The number of methoxy groups -OCH3 is 1. The van der Waals surface area contributed by atoms with Gasteiger partial charge >= 0.3 is 0 Å². The molecule has 0 aromatic heterocycles. The SMILES string of the molecule is COc1cccc(C2CN(C(=O)CCc3ccccc3F)CC2N)c1. The molecule has 3 rings (SSSR count). The summed E-state index contributed by atoms with van der Waals surface area (Å²) in [7, 11) is 1.63. The number of benzene rings is 2. The molecule has 0 radical (unpaired) electrons. The van der Waals surface area contributed by atoms with Crippen LogP contribution in [0.3, 0.4) is 0 Å². The number of carbonyl (C=O) groups is 1. The first-order chi connectivity index (χ1) is 12.1. The van der Waals surface area contributed by atoms with Crippen molar-refractivity contribution in [1.29, 1.82) is 0 Å². The molecular formula is C20H23FN2O2. The van der Waals surface area contributed by atoms with Gasteiger partial charge in [0, 0.05) is 31.5 Å². The molecule has 2 aromatic rings. The minimum Gasteiger partial charge on any atom is -0.497 e. The molecule has 132 valence electrons. The molecule has 0 spiro atoms. The lowest BCUT2D eigenvalue weighted by Gasteiger charge is -2.17. The van der Waals surface area contributed by atoms with Gasteiger partial charge in [0.25, 0.3) is 0 Å². The predicted octanol–water partition coefficient (Wildman–Crippen LogP) is 2.72. The number of aryl methyl sites for hydroxylation is 1. The van der Waals surface area contributed by atoms with E-state index in [-0.39, 0.29) is 23.7 Å². The molecule has 1 aliphatic heterocycles. The van der Waals surface area contributed by atoms with Crippen molar-refractivity contribution in [1.82, 2.24) is 4.90 Å². The summed E-state index contributed by atoms with van der Waals surface area (Å²) in [4.78, 5) is 14.3. The maximum atomic E-state index is 13.7. The Hall–Kier alpha value is -2.40. The van der Waals surface area contributed by atoms with Crippen molar-refractivity contribution in [2.75, 3.05) is 20.2 Å². The lowest BCUT2D eigenvalue weighted by Crippen LogP contribution is -2.32. The molecule has 2 unspecified atom stereocenters. The Balaban J connectivity index is 1.62. The molecule has 0 aliphatic carbocycles. The second kappa shape index (κ2) is 7.66. The third-order valence-electron chi connectivity index (χ3n) is 4.81. The molecule has 2 N–H and O–H groups in total. The van der Waals surface area contributed by atoms with Gasteiger partial charge in [-0.15, -0.1) is 0 Å². The van der Waals surface area contributed by atoms with Crippen molar-refractivity contribution >= 4 is 5.91 Å². The Morgan fingerprint density at radius 2 is 2.04 bits per heavy atom. The largest absolute Gasteiger partial charge is 0.497 e. The number of nitrogens with zero attached hydrogens (tertiary/aromatic N) is 1. The molecule has 1 saturated heterocycles. The van der Waals surface area contributed by atoms with Crippen LogP contribution < -0.4 is 10.5 Å². The van der Waals surface area contributed by atoms with Crippen LogP contribution in [0.25, 0.3) is 0 Å². The van der Waals surface area contributed by atoms with E-state index < -0.39 is 0 Å². The summed E-state index contributed by atoms with van der Waals surface area (Å²) in [5.41, 5.74) is 7.92. The van der Waals surface area contributed by atoms with Crippen molar-refractivity contribution in [3.63, 3.8) is 0 Å². The van der Waals surface area contributed by atoms with Crippen LogP contribution in [0, 0.1) is 5.82 Å². The summed E-state index contributed by atoms with van der Waals surface area (Å²) in [6.07, 6.45) is 0.694. The molecule has 4 nitrogen and oxygen atoms in total. The number of hydrogen-bond donors (Lipinski definition) is 1. The quantitative estimate of drug-likeness (QED) is 0.909. The van der Waals surface area contributed by atoms with Gasteiger partial charge in [0.05, 0.1) is 7.11 Å². The Morgan fingerprint density at radius 3 is 2.80 bits per heavy atom. The summed E-state index contributed by atoms with van der Waals surface area (Å²) in [5, 5.41) is 0. The Bertz CT molecular complexity index is 750. The van der Waals surface area contributed by atoms with Crippen LogP contribution in [0.15, 0.2) is 48.5 Å². The van der Waals surface area contributed by atoms with Gasteiger partial charge in [-0.25, -0.2) is 4.39 Å². The maximum Gasteiger partial charge on any atom is 0.222 e. The number of halogens is 1. The number of nitrogens with two attached hydrogens (primary N) is 1. The van der Waals surface area contributed by atoms with Crippen LogP contribution in [0.2, 0.25) is 0 Å². The lowest BCUT2D eigenvalue weighted by molar-refractivity contribution is -0.130. The van der Waals surface area contributed by atoms with Crippen molar-refractivity contribution in [2.45, 2.75) is 24.8 Å². The van der Waals surface area contributed by atoms with Gasteiger partial charge in [0.2, 0.25) is 5.91 Å². The zero-order valence-corrected chi connectivity index (χ0v) is 14.3. The lowest BCUT2D eigenvalue weighted by atomic mass is 9.95. The first-order valence-corrected chi connectivity index (χ1v) is 8.49. The van der Waals surface area contributed by atoms with Crippen LogP contribution >= 0.6 is 0 Å². The van der Waals surface area contributed by atoms with E-state index in [0.717, 1.165) is 11.3 Å². The van der Waals surface area contributed by atoms with E-state index >= 15 is 0 Å². The maximum absolute atomic E-state index is 13.7. The fourth-order valence-electron chi connectivity index (χ4n) is 3.36. The third kappa shape index (κ3) is 3.99. The van der Waals surface area contributed by atoms with Crippen molar-refractivity contribution in [3.05, 3.63) is 65.5 Å². The standard InChI is InChI=1S/C20H23FN2O2/c1-25-16-7-4-6-15(11-16)17-12-23(13-19(17)22)20(24)10-9-14-5-2-3-8-18(14)21/h2-8,11,17,19H,9-10,12-13,22H2,1H3. The van der Waals surface area contributed by atoms with Crippen LogP contribution in [0.5, 0.6) is 5.75 Å². The van der Waals surface area contributed by atoms with Gasteiger partial charge in [0.1, 0.15) is 11.6 Å². The monoisotopic (exact) mass is 342 g/mol. The number of rotatable bonds is 5. The van der Waals surface area contributed by atoms with Crippen molar-refractivity contribution in [3.8, 4) is 5.75 Å². The van der Waals surface area contributed by atoms with Crippen LogP contribution in [-0.4, -0.2) is 37.0 Å². The highest BCUT2D eigenvalue weighted by atomic mass is 19.1. The van der Waals surface area contributed by atoms with Gasteiger partial charge in [-0.05, 0) is 35.7 Å². The van der Waals surface area contributed by atoms with Gasteiger partial charge in [-0.3, -0.25) is 4.79 Å². The zero-order chi connectivity index (χ0) is 17.8. The smallest absolute Gasteiger partial charge is 0.222 e. The highest BCUT2D eigenvalue weighted by molar-refractivity contribution is 5.77. The molecule has 1 aliphatic rings. The fourth-order valence-corrected chi connectivity index (χ4v) is 3.36. The first kappa shape index (κ1) is 17.4. The van der Waals surface area contributed by atoms with Crippen molar-refractivity contribution < 1.29 is 13.9 Å². The fraction of sp³-hybridized carbons (Fsp3) is 0.350. The van der Waals surface area contributed by atoms with Gasteiger partial charge < -0.3 is 15.4 Å². The average molecular weight is 342 g/mol. The molecule has 1 heterocycles. The molecule has 1 amide bonds. The molecule has 5 heteroatoms. The topological polar surface area (TPSA) is 55.6 Å². The van der Waals surface area contributed by atoms with Gasteiger partial charge in [-0.1, -0.05) is 30.3 Å². The van der Waals surface area contributed by atoms with Gasteiger partial charge in [-0.2, -0.15) is 0 Å². The first-order valence-electron chi connectivity index (χ1n) is 8.49. The van der Waals surface area contributed by atoms with Crippen molar-refractivity contribution in [2.24, 2.45) is 5.73 Å². The second-order valence-corrected chi connectivity index (χ2v) is 6.44. The summed E-state index contributed by atoms with van der Waals surface area (Å²) in [5.74, 6) is 0.633. The summed E-state index contributed by atoms with van der Waals surface area (Å²) in [6.45, 7) is 1.11. The van der Waals surface area contributed by atoms with Crippen LogP contribution in [0.4, 0.5) is 4.39 Å². The minimum atomic E-state index is -0.261. The summed E-state index contributed by atoms with van der Waals surface area (Å²) in [6, 6.07) is 14.3. The highest BCUT2D eigenvalue weighted by Crippen LogP contribution is 2.29. The molecule has 0 saturated carbocycles. The Kier molecular flexibility index (Phi) is 5.34. The molecule has 2 aromatic carbocycles. The molecular weight excluding hydrogens is 319 g/mol. The molecule has 25 heavy (non-hydrogen) atoms. The number of carbonyl (C=O) groups excluding carboxylic acids is 1. The summed E-state index contributed by atoms with van der Waals surface area (Å²) >= 11 is 0. The molecule has 2 atom stereocenters. The Labute approximate surface area is 147 Å². The van der Waals surface area contributed by atoms with E-state index in [9.17, 15) is 9.18 Å². The van der Waals surface area contributed by atoms with Crippen LogP contribution in [0.1, 0.15) is 23.5 Å². The summed E-state index contributed by atoms with van der Waals surface area (Å²) < 4.78 is 18.9. The van der Waals surface area contributed by atoms with E-state index in [1.54, 1.807) is 30.2 Å². The second-order valence-electron chi connectivity index (χ2n) is 6.44. The number of ether oxygens (including phenoxy) is 1. The normalized spacial score (nSPS) is 19.9. The predicted molar refractivity (Wildman–Crippen MR) is 95.0 cm³/mol. The average Bonchev–Trinajstić information content (AvgIpc) is 3.03. The van der Waals surface area contributed by atoms with Gasteiger partial charge in [0.15, 0.2) is 0 Å². The van der Waals surface area contributed by atoms with Crippen LogP contribution in [-0.2, 0) is 11.2 Å². The number of amides is 1.